The quantitative estimate of drug-likeness (QED) is 0.348. The molecular weight excluding hydrogens is 464 g/mol. The van der Waals surface area contributed by atoms with Gasteiger partial charge in [-0.3, -0.25) is 14.2 Å². The standard InChI is InChI=1S/C22H26N4O5S2/c1-15-9-10-16(33(30,31)25(2)3)13-19(15)23-20(28)14-32-22-24-18-8-5-4-7-17(18)21(29)26(22)11-6-12-27/h4-5,7-10,13,27H,6,11-12,14H2,1-3H3,(H,23,28). The van der Waals surface area contributed by atoms with E-state index in [2.05, 4.69) is 10.3 Å². The number of nitrogens with zero attached hydrogens (tertiary/aromatic N) is 3. The van der Waals surface area contributed by atoms with Crippen molar-refractivity contribution in [3.8, 4) is 0 Å². The molecule has 0 unspecified atom stereocenters. The average molecular weight is 491 g/mol. The van der Waals surface area contributed by atoms with Crippen LogP contribution >= 0.6 is 11.8 Å². The molecule has 2 N–H and O–H groups in total. The molecule has 0 saturated carbocycles. The van der Waals surface area contributed by atoms with Crippen molar-refractivity contribution in [3.63, 3.8) is 0 Å². The molecule has 0 aliphatic carbocycles. The van der Waals surface area contributed by atoms with Crippen LogP contribution in [-0.4, -0.2) is 59.7 Å². The molecule has 0 aliphatic heterocycles. The molecule has 3 rings (SSSR count). The summed E-state index contributed by atoms with van der Waals surface area (Å²) in [4.78, 5) is 30.2. The predicted octanol–water partition coefficient (Wildman–Crippen LogP) is 2.07. The lowest BCUT2D eigenvalue weighted by Gasteiger charge is -2.15. The molecule has 3 aromatic rings. The van der Waals surface area contributed by atoms with Crippen LogP contribution in [0.1, 0.15) is 12.0 Å². The number of para-hydroxylation sites is 1. The minimum absolute atomic E-state index is 0.0337. The number of hydrogen-bond acceptors (Lipinski definition) is 7. The predicted molar refractivity (Wildman–Crippen MR) is 129 cm³/mol. The lowest BCUT2D eigenvalue weighted by molar-refractivity contribution is -0.113. The molecule has 176 valence electrons. The molecular formula is C22H26N4O5S2. The topological polar surface area (TPSA) is 122 Å². The van der Waals surface area contributed by atoms with E-state index in [4.69, 9.17) is 0 Å². The van der Waals surface area contributed by atoms with E-state index in [1.807, 2.05) is 0 Å². The van der Waals surface area contributed by atoms with Crippen LogP contribution in [-0.2, 0) is 21.4 Å². The number of carbonyl (C=O) groups is 1. The van der Waals surface area contributed by atoms with E-state index in [0.717, 1.165) is 21.6 Å². The Kier molecular flexibility index (Phi) is 7.90. The molecule has 1 aromatic heterocycles. The Labute approximate surface area is 196 Å². The molecule has 33 heavy (non-hydrogen) atoms. The average Bonchev–Trinajstić information content (AvgIpc) is 2.78. The number of benzene rings is 2. The summed E-state index contributed by atoms with van der Waals surface area (Å²) in [7, 11) is -0.756. The summed E-state index contributed by atoms with van der Waals surface area (Å²) >= 11 is 1.11. The number of aliphatic hydroxyl groups excluding tert-OH is 1. The van der Waals surface area contributed by atoms with Gasteiger partial charge in [0.25, 0.3) is 5.56 Å². The van der Waals surface area contributed by atoms with Crippen molar-refractivity contribution in [2.45, 2.75) is 29.9 Å². The van der Waals surface area contributed by atoms with E-state index < -0.39 is 10.0 Å². The van der Waals surface area contributed by atoms with Crippen LogP contribution in [0.2, 0.25) is 0 Å². The number of aryl methyl sites for hydroxylation is 1. The molecule has 0 fully saturated rings. The summed E-state index contributed by atoms with van der Waals surface area (Å²) in [6, 6.07) is 11.5. The summed E-state index contributed by atoms with van der Waals surface area (Å²) in [5, 5.41) is 12.8. The van der Waals surface area contributed by atoms with Gasteiger partial charge < -0.3 is 10.4 Å². The first kappa shape index (κ1) is 24.9. The van der Waals surface area contributed by atoms with Crippen molar-refractivity contribution in [1.82, 2.24) is 13.9 Å². The zero-order valence-corrected chi connectivity index (χ0v) is 20.2. The Bertz CT molecular complexity index is 1340. The molecule has 0 atom stereocenters. The summed E-state index contributed by atoms with van der Waals surface area (Å²) in [6.45, 7) is 1.97. The highest BCUT2D eigenvalue weighted by atomic mass is 32.2. The van der Waals surface area contributed by atoms with Gasteiger partial charge in [-0.1, -0.05) is 30.0 Å². The third-order valence-electron chi connectivity index (χ3n) is 4.96. The molecule has 11 heteroatoms. The van der Waals surface area contributed by atoms with Crippen molar-refractivity contribution in [1.29, 1.82) is 0 Å². The van der Waals surface area contributed by atoms with Crippen LogP contribution in [0.3, 0.4) is 0 Å². The van der Waals surface area contributed by atoms with Gasteiger partial charge in [0.2, 0.25) is 15.9 Å². The van der Waals surface area contributed by atoms with Crippen LogP contribution in [0.4, 0.5) is 5.69 Å². The largest absolute Gasteiger partial charge is 0.396 e. The number of sulfonamides is 1. The Morgan fingerprint density at radius 1 is 1.21 bits per heavy atom. The van der Waals surface area contributed by atoms with Gasteiger partial charge in [-0.05, 0) is 43.2 Å². The highest BCUT2D eigenvalue weighted by Crippen LogP contribution is 2.23. The van der Waals surface area contributed by atoms with Crippen molar-refractivity contribution in [2.75, 3.05) is 31.8 Å². The Balaban J connectivity index is 1.82. The Morgan fingerprint density at radius 2 is 1.94 bits per heavy atom. The fourth-order valence-electron chi connectivity index (χ4n) is 3.11. The van der Waals surface area contributed by atoms with Gasteiger partial charge in [0, 0.05) is 32.9 Å². The van der Waals surface area contributed by atoms with Gasteiger partial charge in [-0.25, -0.2) is 17.7 Å². The lowest BCUT2D eigenvalue weighted by Crippen LogP contribution is -2.25. The fraction of sp³-hybridized carbons (Fsp3) is 0.318. The number of nitrogens with one attached hydrogen (secondary N) is 1. The Hall–Kier alpha value is -2.73. The van der Waals surface area contributed by atoms with Gasteiger partial charge in [0.05, 0.1) is 21.6 Å². The molecule has 0 aliphatic rings. The van der Waals surface area contributed by atoms with Crippen molar-refractivity contribution in [2.24, 2.45) is 0 Å². The maximum absolute atomic E-state index is 12.9. The fourth-order valence-corrected chi connectivity index (χ4v) is 4.86. The molecule has 0 bridgehead atoms. The normalized spacial score (nSPS) is 11.8. The first-order valence-corrected chi connectivity index (χ1v) is 12.6. The molecule has 0 spiro atoms. The summed E-state index contributed by atoms with van der Waals surface area (Å²) in [5.74, 6) is -0.396. The lowest BCUT2D eigenvalue weighted by atomic mass is 10.2. The zero-order valence-electron chi connectivity index (χ0n) is 18.6. The number of aliphatic hydroxyl groups is 1. The summed E-state index contributed by atoms with van der Waals surface area (Å²) in [6.07, 6.45) is 0.381. The Morgan fingerprint density at radius 3 is 2.64 bits per heavy atom. The summed E-state index contributed by atoms with van der Waals surface area (Å²) in [5.41, 5.74) is 1.42. The smallest absolute Gasteiger partial charge is 0.262 e. The monoisotopic (exact) mass is 490 g/mol. The first-order valence-electron chi connectivity index (χ1n) is 10.2. The number of amides is 1. The van der Waals surface area contributed by atoms with Gasteiger partial charge in [-0.2, -0.15) is 0 Å². The van der Waals surface area contributed by atoms with E-state index in [-0.39, 0.29) is 35.3 Å². The molecule has 2 aromatic carbocycles. The summed E-state index contributed by atoms with van der Waals surface area (Å²) < 4.78 is 27.4. The minimum atomic E-state index is -3.64. The van der Waals surface area contributed by atoms with Crippen LogP contribution in [0, 0.1) is 6.92 Å². The number of rotatable bonds is 9. The van der Waals surface area contributed by atoms with Gasteiger partial charge >= 0.3 is 0 Å². The van der Waals surface area contributed by atoms with Gasteiger partial charge in [0.15, 0.2) is 5.16 Å². The van der Waals surface area contributed by atoms with E-state index in [1.54, 1.807) is 37.3 Å². The third-order valence-corrected chi connectivity index (χ3v) is 7.75. The highest BCUT2D eigenvalue weighted by Gasteiger charge is 2.19. The third kappa shape index (κ3) is 5.61. The number of aromatic nitrogens is 2. The highest BCUT2D eigenvalue weighted by molar-refractivity contribution is 7.99. The van der Waals surface area contributed by atoms with E-state index >= 15 is 0 Å². The van der Waals surface area contributed by atoms with Crippen LogP contribution in [0.15, 0.2) is 57.3 Å². The number of hydrogen-bond donors (Lipinski definition) is 2. The van der Waals surface area contributed by atoms with Crippen LogP contribution in [0.25, 0.3) is 10.9 Å². The zero-order chi connectivity index (χ0) is 24.2. The second kappa shape index (κ2) is 10.5. The maximum atomic E-state index is 12.9. The second-order valence-corrected chi connectivity index (χ2v) is 10.6. The molecule has 0 saturated heterocycles. The van der Waals surface area contributed by atoms with Gasteiger partial charge in [0.1, 0.15) is 0 Å². The van der Waals surface area contributed by atoms with Crippen molar-refractivity contribution >= 4 is 44.3 Å². The van der Waals surface area contributed by atoms with E-state index in [9.17, 15) is 23.1 Å². The minimum Gasteiger partial charge on any atom is -0.396 e. The number of thioether (sulfide) groups is 1. The molecule has 1 heterocycles. The number of anilines is 1. The van der Waals surface area contributed by atoms with Crippen molar-refractivity contribution < 1.29 is 18.3 Å². The van der Waals surface area contributed by atoms with E-state index in [0.29, 0.717) is 28.2 Å². The number of carbonyl (C=O) groups excluding carboxylic acids is 1. The van der Waals surface area contributed by atoms with E-state index in [1.165, 1.54) is 30.8 Å². The van der Waals surface area contributed by atoms with Gasteiger partial charge in [-0.15, -0.1) is 0 Å². The maximum Gasteiger partial charge on any atom is 0.262 e. The molecule has 1 amide bonds. The van der Waals surface area contributed by atoms with Crippen LogP contribution in [0.5, 0.6) is 0 Å². The number of fused-ring (bicyclic) bond motifs is 1. The molecule has 9 nitrogen and oxygen atoms in total. The van der Waals surface area contributed by atoms with Crippen molar-refractivity contribution in [3.05, 3.63) is 58.4 Å². The van der Waals surface area contributed by atoms with Crippen LogP contribution < -0.4 is 10.9 Å². The molecule has 0 radical (unpaired) electrons. The first-order chi connectivity index (χ1) is 15.6. The SMILES string of the molecule is Cc1ccc(S(=O)(=O)N(C)C)cc1NC(=O)CSc1nc2ccccc2c(=O)n1CCCO. The second-order valence-electron chi connectivity index (χ2n) is 7.55.